The van der Waals surface area contributed by atoms with Crippen LogP contribution in [-0.2, 0) is 5.41 Å². The van der Waals surface area contributed by atoms with Crippen LogP contribution < -0.4 is 5.32 Å². The summed E-state index contributed by atoms with van der Waals surface area (Å²) in [5.41, 5.74) is 3.32. The quantitative estimate of drug-likeness (QED) is 0.694. The lowest BCUT2D eigenvalue weighted by molar-refractivity contribution is 0.0940. The van der Waals surface area contributed by atoms with Gasteiger partial charge in [0, 0.05) is 5.38 Å². The normalized spacial score (nSPS) is 13.0. The molecule has 0 aliphatic carbocycles. The first-order chi connectivity index (χ1) is 9.77. The highest BCUT2D eigenvalue weighted by molar-refractivity contribution is 14.1. The zero-order valence-corrected chi connectivity index (χ0v) is 15.7. The van der Waals surface area contributed by atoms with Crippen molar-refractivity contribution in [2.45, 2.75) is 39.2 Å². The second-order valence-electron chi connectivity index (χ2n) is 6.21. The van der Waals surface area contributed by atoms with Crippen molar-refractivity contribution in [3.05, 3.63) is 55.3 Å². The van der Waals surface area contributed by atoms with Gasteiger partial charge in [-0.05, 0) is 52.1 Å². The van der Waals surface area contributed by atoms with Gasteiger partial charge >= 0.3 is 0 Å². The first-order valence-electron chi connectivity index (χ1n) is 6.93. The van der Waals surface area contributed by atoms with Crippen molar-refractivity contribution in [1.29, 1.82) is 0 Å². The number of hydrogen-bond acceptors (Lipinski definition) is 2. The van der Waals surface area contributed by atoms with E-state index in [2.05, 4.69) is 72.9 Å². The van der Waals surface area contributed by atoms with E-state index in [1.807, 2.05) is 18.4 Å². The number of carbonyl (C=O) groups is 1. The highest BCUT2D eigenvalue weighted by Crippen LogP contribution is 2.24. The third-order valence-electron chi connectivity index (χ3n) is 3.45. The maximum atomic E-state index is 12.2. The van der Waals surface area contributed by atoms with E-state index in [-0.39, 0.29) is 17.4 Å². The standard InChI is InChI=1S/C17H20INOS/c1-11(19-16(20)13-9-15(18)21-10-13)12-5-7-14(8-6-12)17(2,3)4/h5-11H,1-4H3,(H,19,20). The Labute approximate surface area is 144 Å². The number of thiophene rings is 1. The monoisotopic (exact) mass is 413 g/mol. The molecule has 0 saturated heterocycles. The van der Waals surface area contributed by atoms with Crippen molar-refractivity contribution < 1.29 is 4.79 Å². The minimum atomic E-state index is -0.0124. The van der Waals surface area contributed by atoms with Crippen LogP contribution in [0.3, 0.4) is 0 Å². The lowest BCUT2D eigenvalue weighted by Crippen LogP contribution is -2.26. The zero-order chi connectivity index (χ0) is 15.6. The smallest absolute Gasteiger partial charge is 0.252 e. The van der Waals surface area contributed by atoms with E-state index in [1.54, 1.807) is 11.3 Å². The first kappa shape index (κ1) is 16.5. The number of nitrogens with one attached hydrogen (secondary N) is 1. The molecule has 2 nitrogen and oxygen atoms in total. The summed E-state index contributed by atoms with van der Waals surface area (Å²) < 4.78 is 1.12. The van der Waals surface area contributed by atoms with Crippen LogP contribution in [0, 0.1) is 2.88 Å². The lowest BCUT2D eigenvalue weighted by atomic mass is 9.86. The van der Waals surface area contributed by atoms with Gasteiger partial charge in [0.25, 0.3) is 5.91 Å². The molecule has 0 saturated carbocycles. The molecule has 0 aliphatic heterocycles. The molecule has 4 heteroatoms. The van der Waals surface area contributed by atoms with Crippen LogP contribution in [0.2, 0.25) is 0 Å². The summed E-state index contributed by atoms with van der Waals surface area (Å²) in [6.07, 6.45) is 0. The maximum absolute atomic E-state index is 12.2. The molecule has 0 aliphatic rings. The molecule has 1 N–H and O–H groups in total. The SMILES string of the molecule is CC(NC(=O)c1csc(I)c1)c1ccc(C(C)(C)C)cc1. The van der Waals surface area contributed by atoms with Gasteiger partial charge in [-0.15, -0.1) is 11.3 Å². The summed E-state index contributed by atoms with van der Waals surface area (Å²) in [6.45, 7) is 8.61. The summed E-state index contributed by atoms with van der Waals surface area (Å²) in [4.78, 5) is 12.2. The summed E-state index contributed by atoms with van der Waals surface area (Å²) in [7, 11) is 0. The Morgan fingerprint density at radius 1 is 1.24 bits per heavy atom. The largest absolute Gasteiger partial charge is 0.345 e. The van der Waals surface area contributed by atoms with Gasteiger partial charge in [0.1, 0.15) is 0 Å². The molecule has 1 aromatic heterocycles. The van der Waals surface area contributed by atoms with Crippen LogP contribution in [0.5, 0.6) is 0 Å². The topological polar surface area (TPSA) is 29.1 Å². The molecule has 1 aromatic carbocycles. The highest BCUT2D eigenvalue weighted by Gasteiger charge is 2.15. The van der Waals surface area contributed by atoms with Crippen LogP contribution in [0.1, 0.15) is 55.2 Å². The third-order valence-corrected chi connectivity index (χ3v) is 5.24. The van der Waals surface area contributed by atoms with Gasteiger partial charge in [0.05, 0.1) is 14.5 Å². The Morgan fingerprint density at radius 3 is 2.33 bits per heavy atom. The van der Waals surface area contributed by atoms with Gasteiger partial charge in [0.15, 0.2) is 0 Å². The highest BCUT2D eigenvalue weighted by atomic mass is 127. The van der Waals surface area contributed by atoms with Gasteiger partial charge in [-0.3, -0.25) is 4.79 Å². The fourth-order valence-corrected chi connectivity index (χ4v) is 3.39. The number of amides is 1. The van der Waals surface area contributed by atoms with Crippen molar-refractivity contribution in [2.24, 2.45) is 0 Å². The predicted octanol–water partition coefficient (Wildman–Crippen LogP) is 5.14. The van der Waals surface area contributed by atoms with Gasteiger partial charge in [-0.25, -0.2) is 0 Å². The van der Waals surface area contributed by atoms with E-state index >= 15 is 0 Å². The Morgan fingerprint density at radius 2 is 1.86 bits per heavy atom. The number of hydrogen-bond donors (Lipinski definition) is 1. The molecule has 0 radical (unpaired) electrons. The Hall–Kier alpha value is -0.880. The zero-order valence-electron chi connectivity index (χ0n) is 12.7. The van der Waals surface area contributed by atoms with Crippen molar-refractivity contribution in [2.75, 3.05) is 0 Å². The summed E-state index contributed by atoms with van der Waals surface area (Å²) in [5, 5.41) is 4.94. The van der Waals surface area contributed by atoms with Crippen LogP contribution in [0.15, 0.2) is 35.7 Å². The number of halogens is 1. The minimum Gasteiger partial charge on any atom is -0.345 e. The van der Waals surface area contributed by atoms with Crippen LogP contribution in [-0.4, -0.2) is 5.91 Å². The van der Waals surface area contributed by atoms with E-state index in [9.17, 15) is 4.79 Å². The molecule has 0 fully saturated rings. The molecule has 2 rings (SSSR count). The van der Waals surface area contributed by atoms with Crippen LogP contribution >= 0.6 is 33.9 Å². The average Bonchev–Trinajstić information content (AvgIpc) is 2.84. The maximum Gasteiger partial charge on any atom is 0.252 e. The Kier molecular flexibility index (Phi) is 5.09. The molecule has 2 aromatic rings. The van der Waals surface area contributed by atoms with Crippen molar-refractivity contribution in [3.8, 4) is 0 Å². The predicted molar refractivity (Wildman–Crippen MR) is 98.1 cm³/mol. The fourth-order valence-electron chi connectivity index (χ4n) is 2.06. The second kappa shape index (κ2) is 6.48. The fraction of sp³-hybridized carbons (Fsp3) is 0.353. The van der Waals surface area contributed by atoms with Crippen LogP contribution in [0.4, 0.5) is 0 Å². The van der Waals surface area contributed by atoms with Crippen LogP contribution in [0.25, 0.3) is 0 Å². The van der Waals surface area contributed by atoms with E-state index < -0.39 is 0 Å². The number of benzene rings is 1. The first-order valence-corrected chi connectivity index (χ1v) is 8.88. The van der Waals surface area contributed by atoms with E-state index in [0.29, 0.717) is 0 Å². The molecule has 1 amide bonds. The van der Waals surface area contributed by atoms with E-state index in [4.69, 9.17) is 0 Å². The number of carbonyl (C=O) groups excluding carboxylic acids is 1. The van der Waals surface area contributed by atoms with Crippen molar-refractivity contribution in [3.63, 3.8) is 0 Å². The Balaban J connectivity index is 2.06. The minimum absolute atomic E-state index is 0.00378. The molecule has 1 unspecified atom stereocenters. The van der Waals surface area contributed by atoms with Crippen molar-refractivity contribution in [1.82, 2.24) is 5.32 Å². The van der Waals surface area contributed by atoms with E-state index in [0.717, 1.165) is 14.0 Å². The molecule has 21 heavy (non-hydrogen) atoms. The van der Waals surface area contributed by atoms with Gasteiger partial charge in [-0.1, -0.05) is 45.0 Å². The molecule has 112 valence electrons. The number of rotatable bonds is 3. The second-order valence-corrected chi connectivity index (χ2v) is 9.01. The summed E-state index contributed by atoms with van der Waals surface area (Å²) in [6, 6.07) is 10.4. The summed E-state index contributed by atoms with van der Waals surface area (Å²) >= 11 is 3.81. The Bertz CT molecular complexity index is 625. The van der Waals surface area contributed by atoms with Gasteiger partial charge in [-0.2, -0.15) is 0 Å². The third kappa shape index (κ3) is 4.30. The summed E-state index contributed by atoms with van der Waals surface area (Å²) in [5.74, 6) is -0.0124. The van der Waals surface area contributed by atoms with Gasteiger partial charge in [0.2, 0.25) is 0 Å². The molecular formula is C17H20INOS. The molecular weight excluding hydrogens is 393 g/mol. The average molecular weight is 413 g/mol. The molecule has 0 spiro atoms. The molecule has 1 atom stereocenters. The molecule has 0 bridgehead atoms. The van der Waals surface area contributed by atoms with E-state index in [1.165, 1.54) is 5.56 Å². The lowest BCUT2D eigenvalue weighted by Gasteiger charge is -2.20. The van der Waals surface area contributed by atoms with Crippen molar-refractivity contribution >= 4 is 39.8 Å². The molecule has 1 heterocycles. The van der Waals surface area contributed by atoms with Gasteiger partial charge < -0.3 is 5.32 Å².